The molecular formula is C32H41N3O4S. The smallest absolute Gasteiger partial charge is 0.244 e. The largest absolute Gasteiger partial charge is 0.352 e. The summed E-state index contributed by atoms with van der Waals surface area (Å²) < 4.78 is 27.2. The summed E-state index contributed by atoms with van der Waals surface area (Å²) in [6.45, 7) is 9.37. The monoisotopic (exact) mass is 563 g/mol. The Morgan fingerprint density at radius 2 is 1.55 bits per heavy atom. The highest BCUT2D eigenvalue weighted by Crippen LogP contribution is 2.26. The second-order valence-corrected chi connectivity index (χ2v) is 12.4. The molecule has 0 saturated carbocycles. The van der Waals surface area contributed by atoms with Crippen LogP contribution in [0, 0.1) is 20.8 Å². The standard InChI is InChI=1S/C32H41N3O4S/c1-7-25(4)33-32(37)30(20-27-15-9-8-10-16-27)34(21-28-17-11-13-23(2)19-28)31(36)22-35(40(6,38)39)29-18-12-14-24(3)26(29)5/h8-19,25,30H,7,20-22H2,1-6H3,(H,33,37)/t25-,30+/m1/s1. The van der Waals surface area contributed by atoms with Crippen LogP contribution in [-0.4, -0.2) is 50.0 Å². The van der Waals surface area contributed by atoms with Gasteiger partial charge >= 0.3 is 0 Å². The van der Waals surface area contributed by atoms with Gasteiger partial charge in [-0.2, -0.15) is 0 Å². The lowest BCUT2D eigenvalue weighted by molar-refractivity contribution is -0.140. The molecular weight excluding hydrogens is 522 g/mol. The number of hydrogen-bond donors (Lipinski definition) is 1. The molecule has 2 amide bonds. The van der Waals surface area contributed by atoms with Crippen LogP contribution < -0.4 is 9.62 Å². The van der Waals surface area contributed by atoms with Crippen LogP contribution in [0.3, 0.4) is 0 Å². The normalized spacial score (nSPS) is 12.8. The molecule has 40 heavy (non-hydrogen) atoms. The first-order valence-electron chi connectivity index (χ1n) is 13.6. The van der Waals surface area contributed by atoms with Gasteiger partial charge in [-0.25, -0.2) is 8.42 Å². The van der Waals surface area contributed by atoms with E-state index in [9.17, 15) is 18.0 Å². The summed E-state index contributed by atoms with van der Waals surface area (Å²) in [5, 5.41) is 3.05. The lowest BCUT2D eigenvalue weighted by Gasteiger charge is -2.34. The average Bonchev–Trinajstić information content (AvgIpc) is 2.90. The van der Waals surface area contributed by atoms with Crippen molar-refractivity contribution >= 4 is 27.5 Å². The van der Waals surface area contributed by atoms with Crippen molar-refractivity contribution in [3.63, 3.8) is 0 Å². The highest BCUT2D eigenvalue weighted by molar-refractivity contribution is 7.92. The molecule has 2 atom stereocenters. The van der Waals surface area contributed by atoms with Gasteiger partial charge in [0.1, 0.15) is 12.6 Å². The number of hydrogen-bond acceptors (Lipinski definition) is 4. The first-order valence-corrected chi connectivity index (χ1v) is 15.5. The van der Waals surface area contributed by atoms with Crippen molar-refractivity contribution in [3.05, 3.63) is 101 Å². The Labute approximate surface area is 239 Å². The number of nitrogens with zero attached hydrogens (tertiary/aromatic N) is 2. The maximum Gasteiger partial charge on any atom is 0.244 e. The van der Waals surface area contributed by atoms with Crippen molar-refractivity contribution in [3.8, 4) is 0 Å². The highest BCUT2D eigenvalue weighted by atomic mass is 32.2. The van der Waals surface area contributed by atoms with E-state index in [0.717, 1.165) is 44.8 Å². The van der Waals surface area contributed by atoms with E-state index in [1.54, 1.807) is 12.1 Å². The van der Waals surface area contributed by atoms with Crippen molar-refractivity contribution in [1.29, 1.82) is 0 Å². The number of carbonyl (C=O) groups excluding carboxylic acids is 2. The minimum Gasteiger partial charge on any atom is -0.352 e. The molecule has 3 aromatic rings. The van der Waals surface area contributed by atoms with Crippen molar-refractivity contribution in [2.24, 2.45) is 0 Å². The Morgan fingerprint density at radius 3 is 2.17 bits per heavy atom. The first kappa shape index (κ1) is 30.9. The zero-order valence-electron chi connectivity index (χ0n) is 24.3. The van der Waals surface area contributed by atoms with Gasteiger partial charge in [-0.05, 0) is 62.4 Å². The van der Waals surface area contributed by atoms with Crippen molar-refractivity contribution < 1.29 is 18.0 Å². The van der Waals surface area contributed by atoms with E-state index >= 15 is 0 Å². The molecule has 0 aliphatic heterocycles. The Kier molecular flexibility index (Phi) is 10.5. The zero-order chi connectivity index (χ0) is 29.4. The molecule has 0 aliphatic carbocycles. The minimum absolute atomic E-state index is 0.0795. The molecule has 0 radical (unpaired) electrons. The molecule has 0 saturated heterocycles. The van der Waals surface area contributed by atoms with Gasteiger partial charge in [-0.1, -0.05) is 79.2 Å². The molecule has 0 bridgehead atoms. The van der Waals surface area contributed by atoms with Gasteiger partial charge in [0, 0.05) is 19.0 Å². The van der Waals surface area contributed by atoms with Crippen molar-refractivity contribution in [2.45, 2.75) is 66.1 Å². The maximum absolute atomic E-state index is 14.2. The van der Waals surface area contributed by atoms with Crippen LogP contribution in [0.2, 0.25) is 0 Å². The van der Waals surface area contributed by atoms with Gasteiger partial charge < -0.3 is 10.2 Å². The fraction of sp³-hybridized carbons (Fsp3) is 0.375. The fourth-order valence-corrected chi connectivity index (χ4v) is 5.50. The number of nitrogens with one attached hydrogen (secondary N) is 1. The van der Waals surface area contributed by atoms with Gasteiger partial charge in [0.2, 0.25) is 21.8 Å². The van der Waals surface area contributed by atoms with E-state index in [-0.39, 0.29) is 18.5 Å². The van der Waals surface area contributed by atoms with Crippen LogP contribution in [0.5, 0.6) is 0 Å². The number of benzene rings is 3. The quantitative estimate of drug-likeness (QED) is 0.339. The van der Waals surface area contributed by atoms with Crippen LogP contribution >= 0.6 is 0 Å². The summed E-state index contributed by atoms with van der Waals surface area (Å²) >= 11 is 0. The molecule has 0 aliphatic rings. The molecule has 0 heterocycles. The summed E-state index contributed by atoms with van der Waals surface area (Å²) in [7, 11) is -3.81. The van der Waals surface area contributed by atoms with Gasteiger partial charge in [0.05, 0.1) is 11.9 Å². The lowest BCUT2D eigenvalue weighted by atomic mass is 10.0. The number of sulfonamides is 1. The van der Waals surface area contributed by atoms with E-state index in [2.05, 4.69) is 5.32 Å². The predicted molar refractivity (Wildman–Crippen MR) is 162 cm³/mol. The molecule has 214 valence electrons. The molecule has 1 N–H and O–H groups in total. The van der Waals surface area contributed by atoms with Crippen LogP contribution in [0.15, 0.2) is 72.8 Å². The second kappa shape index (κ2) is 13.6. The summed E-state index contributed by atoms with van der Waals surface area (Å²) in [6.07, 6.45) is 2.14. The van der Waals surface area contributed by atoms with E-state index in [1.165, 1.54) is 4.90 Å². The Morgan fingerprint density at radius 1 is 0.900 bits per heavy atom. The summed E-state index contributed by atoms with van der Waals surface area (Å²) in [4.78, 5) is 29.5. The van der Waals surface area contributed by atoms with Crippen LogP contribution in [0.25, 0.3) is 0 Å². The van der Waals surface area contributed by atoms with Crippen LogP contribution in [0.1, 0.15) is 48.1 Å². The number of rotatable bonds is 12. The Balaban J connectivity index is 2.09. The van der Waals surface area contributed by atoms with Gasteiger partial charge in [0.15, 0.2) is 0 Å². The number of anilines is 1. The summed E-state index contributed by atoms with van der Waals surface area (Å²) in [6, 6.07) is 21.8. The van der Waals surface area contributed by atoms with Gasteiger partial charge in [0.25, 0.3) is 0 Å². The third-order valence-corrected chi connectivity index (χ3v) is 8.36. The van der Waals surface area contributed by atoms with Crippen LogP contribution in [-0.2, 0) is 32.6 Å². The topological polar surface area (TPSA) is 86.8 Å². The second-order valence-electron chi connectivity index (χ2n) is 10.5. The Bertz CT molecular complexity index is 1420. The fourth-order valence-electron chi connectivity index (χ4n) is 4.60. The molecule has 3 rings (SSSR count). The summed E-state index contributed by atoms with van der Waals surface area (Å²) in [5.41, 5.74) is 4.95. The minimum atomic E-state index is -3.81. The third-order valence-electron chi connectivity index (χ3n) is 7.23. The SMILES string of the molecule is CC[C@@H](C)NC(=O)[C@H](Cc1ccccc1)N(Cc1cccc(C)c1)C(=O)CN(c1cccc(C)c1C)S(C)(=O)=O. The van der Waals surface area contributed by atoms with E-state index in [4.69, 9.17) is 0 Å². The van der Waals surface area contributed by atoms with Gasteiger partial charge in [-0.3, -0.25) is 13.9 Å². The molecule has 0 fully saturated rings. The first-order chi connectivity index (χ1) is 18.9. The Hall–Kier alpha value is -3.65. The third kappa shape index (κ3) is 8.18. The maximum atomic E-state index is 14.2. The lowest BCUT2D eigenvalue weighted by Crippen LogP contribution is -2.54. The number of amides is 2. The molecule has 0 aromatic heterocycles. The predicted octanol–water partition coefficient (Wildman–Crippen LogP) is 4.93. The molecule has 8 heteroatoms. The number of aryl methyl sites for hydroxylation is 2. The van der Waals surface area contributed by atoms with E-state index in [1.807, 2.05) is 95.3 Å². The average molecular weight is 564 g/mol. The number of carbonyl (C=O) groups is 2. The van der Waals surface area contributed by atoms with Crippen LogP contribution in [0.4, 0.5) is 5.69 Å². The van der Waals surface area contributed by atoms with Gasteiger partial charge in [-0.15, -0.1) is 0 Å². The van der Waals surface area contributed by atoms with Crippen molar-refractivity contribution in [1.82, 2.24) is 10.2 Å². The molecule has 7 nitrogen and oxygen atoms in total. The summed E-state index contributed by atoms with van der Waals surface area (Å²) in [5.74, 6) is -0.718. The molecule has 3 aromatic carbocycles. The molecule has 0 unspecified atom stereocenters. The van der Waals surface area contributed by atoms with E-state index < -0.39 is 28.5 Å². The molecule has 0 spiro atoms. The highest BCUT2D eigenvalue weighted by Gasteiger charge is 2.33. The zero-order valence-corrected chi connectivity index (χ0v) is 25.2. The van der Waals surface area contributed by atoms with E-state index in [0.29, 0.717) is 12.1 Å². The van der Waals surface area contributed by atoms with Crippen molar-refractivity contribution in [2.75, 3.05) is 17.1 Å².